The maximum absolute atomic E-state index is 11.6. The summed E-state index contributed by atoms with van der Waals surface area (Å²) in [5.41, 5.74) is 0. The molecule has 3 N–H and O–H groups in total. The summed E-state index contributed by atoms with van der Waals surface area (Å²) in [6.45, 7) is 0.882. The zero-order valence-electron chi connectivity index (χ0n) is 10.5. The minimum absolute atomic E-state index is 0.219. The highest BCUT2D eigenvalue weighted by Crippen LogP contribution is 2.48. The van der Waals surface area contributed by atoms with Crippen LogP contribution in [-0.4, -0.2) is 43.4 Å². The van der Waals surface area contributed by atoms with E-state index >= 15 is 0 Å². The molecule has 0 aliphatic heterocycles. The number of ether oxygens (including phenoxy) is 1. The van der Waals surface area contributed by atoms with Gasteiger partial charge < -0.3 is 20.5 Å². The monoisotopic (exact) mass is 256 g/mol. The molecular formula is C12H20N2O4. The number of nitrogens with one attached hydrogen (secondary N) is 2. The van der Waals surface area contributed by atoms with Gasteiger partial charge in [0.25, 0.3) is 0 Å². The van der Waals surface area contributed by atoms with Crippen LogP contribution in [0.15, 0.2) is 0 Å². The van der Waals surface area contributed by atoms with Crippen LogP contribution in [0.2, 0.25) is 0 Å². The number of rotatable bonds is 5. The van der Waals surface area contributed by atoms with Crippen LogP contribution < -0.4 is 10.6 Å². The lowest BCUT2D eigenvalue weighted by Crippen LogP contribution is -2.50. The summed E-state index contributed by atoms with van der Waals surface area (Å²) in [7, 11) is 1.57. The molecule has 0 aromatic rings. The number of hydrogen-bond acceptors (Lipinski definition) is 3. The number of amides is 2. The number of fused-ring (bicyclic) bond motifs is 2. The lowest BCUT2D eigenvalue weighted by atomic mass is 9.84. The first-order valence-electron chi connectivity index (χ1n) is 6.39. The first-order valence-corrected chi connectivity index (χ1v) is 6.39. The lowest BCUT2D eigenvalue weighted by Gasteiger charge is -2.28. The maximum atomic E-state index is 11.6. The second-order valence-corrected chi connectivity index (χ2v) is 5.12. The molecule has 2 bridgehead atoms. The molecule has 0 radical (unpaired) electrons. The van der Waals surface area contributed by atoms with E-state index in [1.54, 1.807) is 7.11 Å². The van der Waals surface area contributed by atoms with Gasteiger partial charge in [0.2, 0.25) is 0 Å². The van der Waals surface area contributed by atoms with Crippen LogP contribution in [0.25, 0.3) is 0 Å². The van der Waals surface area contributed by atoms with Crippen LogP contribution in [0.1, 0.15) is 19.3 Å². The molecule has 2 amide bonds. The number of aliphatic carboxylic acids is 1. The Kier molecular flexibility index (Phi) is 4.06. The average molecular weight is 256 g/mol. The molecule has 4 atom stereocenters. The Balaban J connectivity index is 1.87. The lowest BCUT2D eigenvalue weighted by molar-refractivity contribution is -0.144. The Morgan fingerprint density at radius 1 is 1.33 bits per heavy atom. The van der Waals surface area contributed by atoms with E-state index in [1.807, 2.05) is 0 Å². The predicted octanol–water partition coefficient (Wildman–Crippen LogP) is 0.431. The first kappa shape index (κ1) is 13.1. The van der Waals surface area contributed by atoms with Crippen LogP contribution >= 0.6 is 0 Å². The Morgan fingerprint density at radius 3 is 2.72 bits per heavy atom. The molecule has 6 nitrogen and oxygen atoms in total. The van der Waals surface area contributed by atoms with Crippen molar-refractivity contribution in [3.8, 4) is 0 Å². The summed E-state index contributed by atoms with van der Waals surface area (Å²) >= 11 is 0. The van der Waals surface area contributed by atoms with Gasteiger partial charge in [0.05, 0.1) is 12.5 Å². The van der Waals surface area contributed by atoms with Gasteiger partial charge >= 0.3 is 12.0 Å². The Bertz CT molecular complexity index is 334. The zero-order valence-corrected chi connectivity index (χ0v) is 10.5. The fourth-order valence-electron chi connectivity index (χ4n) is 3.32. The number of carboxylic acid groups (broad SMARTS) is 1. The molecule has 6 heteroatoms. The van der Waals surface area contributed by atoms with Crippen LogP contribution in [0.4, 0.5) is 4.79 Å². The number of carboxylic acids is 1. The molecule has 18 heavy (non-hydrogen) atoms. The van der Waals surface area contributed by atoms with Gasteiger partial charge in [0.1, 0.15) is 0 Å². The van der Waals surface area contributed by atoms with E-state index in [9.17, 15) is 14.7 Å². The van der Waals surface area contributed by atoms with Gasteiger partial charge in [-0.05, 0) is 31.1 Å². The molecule has 0 heterocycles. The topological polar surface area (TPSA) is 87.7 Å². The van der Waals surface area contributed by atoms with Crippen molar-refractivity contribution in [1.82, 2.24) is 10.6 Å². The Labute approximate surface area is 106 Å². The van der Waals surface area contributed by atoms with Crippen molar-refractivity contribution in [1.29, 1.82) is 0 Å². The van der Waals surface area contributed by atoms with E-state index < -0.39 is 11.9 Å². The second kappa shape index (κ2) is 5.56. The third-order valence-electron chi connectivity index (χ3n) is 4.09. The van der Waals surface area contributed by atoms with Crippen LogP contribution in [0.3, 0.4) is 0 Å². The average Bonchev–Trinajstić information content (AvgIpc) is 2.89. The molecule has 2 fully saturated rings. The van der Waals surface area contributed by atoms with Gasteiger partial charge in [-0.25, -0.2) is 4.79 Å². The first-order chi connectivity index (χ1) is 8.63. The molecule has 2 saturated carbocycles. The van der Waals surface area contributed by atoms with Gasteiger partial charge in [0, 0.05) is 19.7 Å². The van der Waals surface area contributed by atoms with Crippen molar-refractivity contribution in [2.24, 2.45) is 17.8 Å². The second-order valence-electron chi connectivity index (χ2n) is 5.12. The van der Waals surface area contributed by atoms with Crippen LogP contribution in [0.5, 0.6) is 0 Å². The molecule has 102 valence electrons. The molecular weight excluding hydrogens is 236 g/mol. The van der Waals surface area contributed by atoms with Crippen molar-refractivity contribution in [3.05, 3.63) is 0 Å². The number of carbonyl (C=O) groups is 2. The van der Waals surface area contributed by atoms with Crippen LogP contribution in [-0.2, 0) is 9.53 Å². The summed E-state index contributed by atoms with van der Waals surface area (Å²) in [5, 5.41) is 14.7. The Morgan fingerprint density at radius 2 is 2.06 bits per heavy atom. The van der Waals surface area contributed by atoms with E-state index in [4.69, 9.17) is 4.74 Å². The van der Waals surface area contributed by atoms with E-state index in [0.29, 0.717) is 19.1 Å². The fourth-order valence-corrected chi connectivity index (χ4v) is 3.32. The molecule has 0 saturated heterocycles. The quantitative estimate of drug-likeness (QED) is 0.622. The Hall–Kier alpha value is -1.30. The van der Waals surface area contributed by atoms with Gasteiger partial charge in [-0.15, -0.1) is 0 Å². The van der Waals surface area contributed by atoms with Gasteiger partial charge in [-0.1, -0.05) is 0 Å². The van der Waals surface area contributed by atoms with Crippen molar-refractivity contribution in [3.63, 3.8) is 0 Å². The summed E-state index contributed by atoms with van der Waals surface area (Å²) < 4.78 is 4.83. The van der Waals surface area contributed by atoms with Crippen molar-refractivity contribution >= 4 is 12.0 Å². The smallest absolute Gasteiger partial charge is 0.315 e. The van der Waals surface area contributed by atoms with Crippen LogP contribution in [0, 0.1) is 17.8 Å². The highest BCUT2D eigenvalue weighted by atomic mass is 16.5. The summed E-state index contributed by atoms with van der Waals surface area (Å²) in [6.07, 6.45) is 2.93. The molecule has 2 rings (SSSR count). The van der Waals surface area contributed by atoms with E-state index in [1.165, 1.54) is 0 Å². The number of urea groups is 1. The highest BCUT2D eigenvalue weighted by molar-refractivity contribution is 5.77. The summed E-state index contributed by atoms with van der Waals surface area (Å²) in [6, 6.07) is -0.514. The zero-order chi connectivity index (χ0) is 13.1. The fraction of sp³-hybridized carbons (Fsp3) is 0.833. The van der Waals surface area contributed by atoms with E-state index in [0.717, 1.165) is 19.3 Å². The third-order valence-corrected chi connectivity index (χ3v) is 4.09. The van der Waals surface area contributed by atoms with Gasteiger partial charge in [-0.3, -0.25) is 4.79 Å². The summed E-state index contributed by atoms with van der Waals surface area (Å²) in [4.78, 5) is 22.9. The van der Waals surface area contributed by atoms with Crippen molar-refractivity contribution in [2.45, 2.75) is 25.3 Å². The minimum atomic E-state index is -0.788. The van der Waals surface area contributed by atoms with Gasteiger partial charge in [-0.2, -0.15) is 0 Å². The van der Waals surface area contributed by atoms with Crippen molar-refractivity contribution in [2.75, 3.05) is 20.3 Å². The molecule has 4 unspecified atom stereocenters. The normalized spacial score (nSPS) is 33.4. The van der Waals surface area contributed by atoms with E-state index in [2.05, 4.69) is 10.6 Å². The predicted molar refractivity (Wildman–Crippen MR) is 64.2 cm³/mol. The molecule has 2 aliphatic carbocycles. The molecule has 0 aromatic carbocycles. The maximum Gasteiger partial charge on any atom is 0.315 e. The highest BCUT2D eigenvalue weighted by Gasteiger charge is 2.51. The summed E-state index contributed by atoms with van der Waals surface area (Å²) in [5.74, 6) is -0.651. The van der Waals surface area contributed by atoms with E-state index in [-0.39, 0.29) is 18.0 Å². The standard InChI is InChI=1S/C12H20N2O4/c1-18-5-4-13-12(17)14-10-8-3-2-7(6-8)9(10)11(15)16/h7-10H,2-6H2,1H3,(H,15,16)(H2,13,14,17). The van der Waals surface area contributed by atoms with Crippen molar-refractivity contribution < 1.29 is 19.4 Å². The number of methoxy groups -OCH3 is 1. The molecule has 0 spiro atoms. The largest absolute Gasteiger partial charge is 0.481 e. The molecule has 0 aromatic heterocycles. The third kappa shape index (κ3) is 2.58. The molecule has 2 aliphatic rings. The minimum Gasteiger partial charge on any atom is -0.481 e. The SMILES string of the molecule is COCCNC(=O)NC1C2CCC(C2)C1C(=O)O. The number of carbonyl (C=O) groups excluding carboxylic acids is 1. The number of hydrogen-bond donors (Lipinski definition) is 3. The van der Waals surface area contributed by atoms with Gasteiger partial charge in [0.15, 0.2) is 0 Å².